The van der Waals surface area contributed by atoms with Crippen molar-refractivity contribution in [1.29, 1.82) is 0 Å². The molecule has 0 bridgehead atoms. The second kappa shape index (κ2) is 6.54. The Bertz CT molecular complexity index is 581. The van der Waals surface area contributed by atoms with Crippen molar-refractivity contribution in [2.24, 2.45) is 5.92 Å². The van der Waals surface area contributed by atoms with Crippen molar-refractivity contribution in [1.82, 2.24) is 14.7 Å². The van der Waals surface area contributed by atoms with Crippen LogP contribution in [0.5, 0.6) is 0 Å². The molecule has 0 aromatic carbocycles. The molecule has 1 aromatic rings. The van der Waals surface area contributed by atoms with Gasteiger partial charge in [-0.15, -0.1) is 0 Å². The molecule has 9 nitrogen and oxygen atoms in total. The minimum absolute atomic E-state index is 0.119. The molecule has 1 aliphatic carbocycles. The van der Waals surface area contributed by atoms with E-state index in [0.29, 0.717) is 0 Å². The molecule has 9 heteroatoms. The Hall–Kier alpha value is -2.45. The number of amides is 1. The third-order valence-corrected chi connectivity index (χ3v) is 3.59. The van der Waals surface area contributed by atoms with Gasteiger partial charge in [-0.3, -0.25) is 24.4 Å². The first-order valence-electron chi connectivity index (χ1n) is 7.07. The molecule has 120 valence electrons. The predicted octanol–water partition coefficient (Wildman–Crippen LogP) is 0.893. The van der Waals surface area contributed by atoms with Gasteiger partial charge in [0.15, 0.2) is 0 Å². The summed E-state index contributed by atoms with van der Waals surface area (Å²) in [5.74, 6) is -1.69. The summed E-state index contributed by atoms with van der Waals surface area (Å²) in [5.41, 5.74) is -0.119. The van der Waals surface area contributed by atoms with Crippen molar-refractivity contribution >= 4 is 17.6 Å². The van der Waals surface area contributed by atoms with E-state index < -0.39 is 16.8 Å². The molecule has 1 unspecified atom stereocenters. The molecule has 1 atom stereocenters. The first-order valence-corrected chi connectivity index (χ1v) is 7.07. The molecule has 22 heavy (non-hydrogen) atoms. The summed E-state index contributed by atoms with van der Waals surface area (Å²) in [5, 5.41) is 23.4. The molecule has 1 amide bonds. The predicted molar refractivity (Wildman–Crippen MR) is 75.0 cm³/mol. The Morgan fingerprint density at radius 1 is 1.59 bits per heavy atom. The molecule has 0 saturated heterocycles. The number of carbonyl (C=O) groups is 2. The highest BCUT2D eigenvalue weighted by Gasteiger charge is 2.34. The maximum atomic E-state index is 12.3. The van der Waals surface area contributed by atoms with Crippen molar-refractivity contribution in [3.05, 3.63) is 22.5 Å². The van der Waals surface area contributed by atoms with Gasteiger partial charge >= 0.3 is 11.7 Å². The van der Waals surface area contributed by atoms with E-state index in [4.69, 9.17) is 5.11 Å². The van der Waals surface area contributed by atoms with E-state index in [0.717, 1.165) is 19.0 Å². The number of nitrogens with zero attached hydrogens (tertiary/aromatic N) is 4. The van der Waals surface area contributed by atoms with Crippen LogP contribution < -0.4 is 0 Å². The maximum absolute atomic E-state index is 12.3. The Balaban J connectivity index is 1.90. The van der Waals surface area contributed by atoms with E-state index in [9.17, 15) is 19.7 Å². The normalized spacial score (nSPS) is 15.3. The molecule has 1 aromatic heterocycles. The number of aliphatic carboxylic acids is 1. The van der Waals surface area contributed by atoms with Crippen LogP contribution in [0.15, 0.2) is 12.4 Å². The van der Waals surface area contributed by atoms with Crippen LogP contribution in [-0.2, 0) is 16.1 Å². The van der Waals surface area contributed by atoms with Gasteiger partial charge in [-0.25, -0.2) is 0 Å². The zero-order chi connectivity index (χ0) is 16.3. The molecule has 2 rings (SSSR count). The largest absolute Gasteiger partial charge is 0.481 e. The first kappa shape index (κ1) is 15.9. The van der Waals surface area contributed by atoms with Crippen LogP contribution in [0.1, 0.15) is 26.2 Å². The number of carboxylic acid groups (broad SMARTS) is 1. The number of carboxylic acids is 1. The minimum atomic E-state index is -0.929. The lowest BCUT2D eigenvalue weighted by Crippen LogP contribution is -2.38. The second-order valence-corrected chi connectivity index (χ2v) is 5.49. The fourth-order valence-corrected chi connectivity index (χ4v) is 2.14. The highest BCUT2D eigenvalue weighted by Crippen LogP contribution is 2.28. The van der Waals surface area contributed by atoms with E-state index in [-0.39, 0.29) is 37.1 Å². The Labute approximate surface area is 126 Å². The average Bonchev–Trinajstić information content (AvgIpc) is 3.18. The molecule has 0 spiro atoms. The highest BCUT2D eigenvalue weighted by atomic mass is 16.6. The maximum Gasteiger partial charge on any atom is 0.308 e. The molecule has 0 aliphatic heterocycles. The summed E-state index contributed by atoms with van der Waals surface area (Å²) >= 11 is 0. The van der Waals surface area contributed by atoms with Crippen molar-refractivity contribution in [2.75, 3.05) is 6.54 Å². The van der Waals surface area contributed by atoms with Crippen LogP contribution in [0.4, 0.5) is 5.69 Å². The van der Waals surface area contributed by atoms with Gasteiger partial charge in [0.25, 0.3) is 0 Å². The number of hydrogen-bond acceptors (Lipinski definition) is 5. The van der Waals surface area contributed by atoms with Crippen LogP contribution in [0.3, 0.4) is 0 Å². The SMILES string of the molecule is CC(CN(C(=O)CCn1cc([N+](=O)[O-])cn1)C1CC1)C(=O)O. The fourth-order valence-electron chi connectivity index (χ4n) is 2.14. The van der Waals surface area contributed by atoms with Crippen molar-refractivity contribution < 1.29 is 19.6 Å². The van der Waals surface area contributed by atoms with Crippen LogP contribution in [0, 0.1) is 16.0 Å². The molecule has 1 aliphatic rings. The van der Waals surface area contributed by atoms with E-state index >= 15 is 0 Å². The Morgan fingerprint density at radius 3 is 2.77 bits per heavy atom. The quantitative estimate of drug-likeness (QED) is 0.562. The molecule has 1 saturated carbocycles. The van der Waals surface area contributed by atoms with Gasteiger partial charge < -0.3 is 10.0 Å². The van der Waals surface area contributed by atoms with E-state index in [1.165, 1.54) is 10.9 Å². The van der Waals surface area contributed by atoms with Gasteiger partial charge in [0, 0.05) is 25.6 Å². The van der Waals surface area contributed by atoms with Gasteiger partial charge in [0.2, 0.25) is 5.91 Å². The molecule has 1 fully saturated rings. The van der Waals surface area contributed by atoms with Crippen molar-refractivity contribution in [2.45, 2.75) is 38.8 Å². The topological polar surface area (TPSA) is 119 Å². The van der Waals surface area contributed by atoms with Gasteiger partial charge in [0.05, 0.1) is 10.8 Å². The molecular formula is C13H18N4O5. The van der Waals surface area contributed by atoms with Crippen LogP contribution >= 0.6 is 0 Å². The summed E-state index contributed by atoms with van der Waals surface area (Å²) in [6.45, 7) is 2.00. The van der Waals surface area contributed by atoms with Gasteiger partial charge in [-0.05, 0) is 12.8 Å². The summed E-state index contributed by atoms with van der Waals surface area (Å²) in [6.07, 6.45) is 4.34. The number of hydrogen-bond donors (Lipinski definition) is 1. The highest BCUT2D eigenvalue weighted by molar-refractivity contribution is 5.78. The smallest absolute Gasteiger partial charge is 0.308 e. The van der Waals surface area contributed by atoms with E-state index in [1.807, 2.05) is 0 Å². The number of carbonyl (C=O) groups excluding carboxylic acids is 1. The lowest BCUT2D eigenvalue weighted by molar-refractivity contribution is -0.385. The Morgan fingerprint density at radius 2 is 2.27 bits per heavy atom. The summed E-state index contributed by atoms with van der Waals surface area (Å²) in [4.78, 5) is 34.8. The van der Waals surface area contributed by atoms with Crippen LogP contribution in [0.25, 0.3) is 0 Å². The van der Waals surface area contributed by atoms with Gasteiger partial charge in [-0.1, -0.05) is 6.92 Å². The molecule has 1 N–H and O–H groups in total. The fraction of sp³-hybridized carbons (Fsp3) is 0.615. The number of aromatic nitrogens is 2. The minimum Gasteiger partial charge on any atom is -0.481 e. The lowest BCUT2D eigenvalue weighted by Gasteiger charge is -2.24. The van der Waals surface area contributed by atoms with Gasteiger partial charge in [0.1, 0.15) is 12.4 Å². The number of nitro groups is 1. The lowest BCUT2D eigenvalue weighted by atomic mass is 10.1. The molecule has 0 radical (unpaired) electrons. The third kappa shape index (κ3) is 4.03. The van der Waals surface area contributed by atoms with Crippen molar-refractivity contribution in [3.8, 4) is 0 Å². The van der Waals surface area contributed by atoms with Crippen LogP contribution in [0.2, 0.25) is 0 Å². The first-order chi connectivity index (χ1) is 10.4. The van der Waals surface area contributed by atoms with E-state index in [1.54, 1.807) is 11.8 Å². The standard InChI is InChI=1S/C13H18N4O5/c1-9(13(19)20)7-16(10-2-3-10)12(18)4-5-15-8-11(6-14-15)17(21)22/h6,8-10H,2-5,7H2,1H3,(H,19,20). The molecule has 1 heterocycles. The zero-order valence-electron chi connectivity index (χ0n) is 12.2. The Kier molecular flexibility index (Phi) is 4.74. The number of aryl methyl sites for hydroxylation is 1. The monoisotopic (exact) mass is 310 g/mol. The second-order valence-electron chi connectivity index (χ2n) is 5.49. The summed E-state index contributed by atoms with van der Waals surface area (Å²) in [6, 6.07) is 0.126. The third-order valence-electron chi connectivity index (χ3n) is 3.59. The molecular weight excluding hydrogens is 292 g/mol. The van der Waals surface area contributed by atoms with Gasteiger partial charge in [-0.2, -0.15) is 5.10 Å². The average molecular weight is 310 g/mol. The van der Waals surface area contributed by atoms with Crippen molar-refractivity contribution in [3.63, 3.8) is 0 Å². The number of rotatable bonds is 8. The zero-order valence-corrected chi connectivity index (χ0v) is 12.2. The van der Waals surface area contributed by atoms with E-state index in [2.05, 4.69) is 5.10 Å². The van der Waals surface area contributed by atoms with Crippen LogP contribution in [-0.4, -0.2) is 49.2 Å². The summed E-state index contributed by atoms with van der Waals surface area (Å²) in [7, 11) is 0. The summed E-state index contributed by atoms with van der Waals surface area (Å²) < 4.78 is 1.35.